The SMILES string of the molecule is CC(Nc1ccccc1OC(F)(F)F)c1nccs1. The van der Waals surface area contributed by atoms with Crippen LogP contribution in [0.2, 0.25) is 0 Å². The number of hydrogen-bond acceptors (Lipinski definition) is 4. The molecule has 0 radical (unpaired) electrons. The Morgan fingerprint density at radius 2 is 2.05 bits per heavy atom. The van der Waals surface area contributed by atoms with Gasteiger partial charge in [0.2, 0.25) is 0 Å². The van der Waals surface area contributed by atoms with E-state index in [1.807, 2.05) is 12.3 Å². The van der Waals surface area contributed by atoms with Crippen LogP contribution in [0.15, 0.2) is 35.8 Å². The summed E-state index contributed by atoms with van der Waals surface area (Å²) in [6, 6.07) is 5.73. The van der Waals surface area contributed by atoms with Gasteiger partial charge in [-0.25, -0.2) is 4.98 Å². The fourth-order valence-corrected chi connectivity index (χ4v) is 2.19. The highest BCUT2D eigenvalue weighted by molar-refractivity contribution is 7.09. The predicted molar refractivity (Wildman–Crippen MR) is 67.3 cm³/mol. The van der Waals surface area contributed by atoms with E-state index in [1.165, 1.54) is 29.5 Å². The lowest BCUT2D eigenvalue weighted by atomic mass is 10.2. The summed E-state index contributed by atoms with van der Waals surface area (Å²) in [5.74, 6) is -0.251. The highest BCUT2D eigenvalue weighted by Gasteiger charge is 2.32. The van der Waals surface area contributed by atoms with Gasteiger partial charge >= 0.3 is 6.36 Å². The number of alkyl halides is 3. The van der Waals surface area contributed by atoms with Gasteiger partial charge in [-0.2, -0.15) is 0 Å². The minimum atomic E-state index is -4.71. The molecule has 2 rings (SSSR count). The highest BCUT2D eigenvalue weighted by atomic mass is 32.1. The van der Waals surface area contributed by atoms with Crippen molar-refractivity contribution in [2.24, 2.45) is 0 Å². The van der Waals surface area contributed by atoms with Gasteiger partial charge in [0.15, 0.2) is 5.75 Å². The number of para-hydroxylation sites is 2. The van der Waals surface area contributed by atoms with E-state index in [9.17, 15) is 13.2 Å². The molecule has 0 saturated heterocycles. The fraction of sp³-hybridized carbons (Fsp3) is 0.250. The number of hydrogen-bond donors (Lipinski definition) is 1. The van der Waals surface area contributed by atoms with Gasteiger partial charge in [0.25, 0.3) is 0 Å². The number of aromatic nitrogens is 1. The fourth-order valence-electron chi connectivity index (χ4n) is 1.54. The number of benzene rings is 1. The Kier molecular flexibility index (Phi) is 3.94. The first-order chi connectivity index (χ1) is 8.96. The second kappa shape index (κ2) is 5.48. The Hall–Kier alpha value is -1.76. The molecule has 0 aliphatic heterocycles. The number of halogens is 3. The molecule has 3 nitrogen and oxygen atoms in total. The zero-order valence-electron chi connectivity index (χ0n) is 9.94. The van der Waals surface area contributed by atoms with E-state index in [1.54, 1.807) is 12.3 Å². The summed E-state index contributed by atoms with van der Waals surface area (Å²) in [7, 11) is 0. The van der Waals surface area contributed by atoms with Crippen molar-refractivity contribution in [1.29, 1.82) is 0 Å². The zero-order chi connectivity index (χ0) is 13.9. The first-order valence-corrected chi connectivity index (χ1v) is 6.34. The van der Waals surface area contributed by atoms with Crippen LogP contribution >= 0.6 is 11.3 Å². The molecule has 7 heteroatoms. The molecular weight excluding hydrogens is 277 g/mol. The Morgan fingerprint density at radius 3 is 2.68 bits per heavy atom. The molecule has 0 amide bonds. The van der Waals surface area contributed by atoms with Crippen molar-refractivity contribution < 1.29 is 17.9 Å². The van der Waals surface area contributed by atoms with Crippen LogP contribution in [0.5, 0.6) is 5.75 Å². The van der Waals surface area contributed by atoms with Gasteiger partial charge < -0.3 is 10.1 Å². The van der Waals surface area contributed by atoms with Crippen LogP contribution < -0.4 is 10.1 Å². The smallest absolute Gasteiger partial charge is 0.404 e. The number of thiazole rings is 1. The molecule has 0 bridgehead atoms. The maximum Gasteiger partial charge on any atom is 0.573 e. The first-order valence-electron chi connectivity index (χ1n) is 5.46. The molecule has 0 saturated carbocycles. The van der Waals surface area contributed by atoms with E-state index in [-0.39, 0.29) is 17.5 Å². The number of nitrogens with zero attached hydrogens (tertiary/aromatic N) is 1. The minimum Gasteiger partial charge on any atom is -0.404 e. The number of rotatable bonds is 4. The molecule has 1 aromatic heterocycles. The summed E-state index contributed by atoms with van der Waals surface area (Å²) in [5.41, 5.74) is 0.280. The van der Waals surface area contributed by atoms with Crippen molar-refractivity contribution in [3.63, 3.8) is 0 Å². The Morgan fingerprint density at radius 1 is 1.32 bits per heavy atom. The van der Waals surface area contributed by atoms with Crippen LogP contribution in [-0.4, -0.2) is 11.3 Å². The van der Waals surface area contributed by atoms with Gasteiger partial charge in [0, 0.05) is 11.6 Å². The Labute approximate surface area is 112 Å². The Balaban J connectivity index is 2.16. The monoisotopic (exact) mass is 288 g/mol. The predicted octanol–water partition coefficient (Wildman–Crippen LogP) is 4.21. The van der Waals surface area contributed by atoms with Crippen LogP contribution in [0.25, 0.3) is 0 Å². The zero-order valence-corrected chi connectivity index (χ0v) is 10.8. The lowest BCUT2D eigenvalue weighted by molar-refractivity contribution is -0.274. The lowest BCUT2D eigenvalue weighted by Gasteiger charge is -2.17. The molecule has 2 aromatic rings. The second-order valence-electron chi connectivity index (χ2n) is 3.78. The summed E-state index contributed by atoms with van der Waals surface area (Å²) in [6.07, 6.45) is -3.06. The van der Waals surface area contributed by atoms with Crippen molar-refractivity contribution >= 4 is 17.0 Å². The van der Waals surface area contributed by atoms with Gasteiger partial charge in [0.1, 0.15) is 5.01 Å². The lowest BCUT2D eigenvalue weighted by Crippen LogP contribution is -2.18. The van der Waals surface area contributed by atoms with Crippen LogP contribution in [0.4, 0.5) is 18.9 Å². The van der Waals surface area contributed by atoms with Gasteiger partial charge in [-0.05, 0) is 19.1 Å². The van der Waals surface area contributed by atoms with Crippen LogP contribution in [0, 0.1) is 0 Å². The number of anilines is 1. The third-order valence-corrected chi connectivity index (χ3v) is 3.26. The molecule has 1 aromatic carbocycles. The molecule has 0 aliphatic carbocycles. The van der Waals surface area contributed by atoms with E-state index in [4.69, 9.17) is 0 Å². The molecule has 19 heavy (non-hydrogen) atoms. The quantitative estimate of drug-likeness (QED) is 0.915. The molecule has 1 heterocycles. The van der Waals surface area contributed by atoms with Crippen LogP contribution in [0.3, 0.4) is 0 Å². The van der Waals surface area contributed by atoms with E-state index in [2.05, 4.69) is 15.0 Å². The highest BCUT2D eigenvalue weighted by Crippen LogP contribution is 2.32. The average molecular weight is 288 g/mol. The number of nitrogens with one attached hydrogen (secondary N) is 1. The molecule has 0 aliphatic rings. The summed E-state index contributed by atoms with van der Waals surface area (Å²) < 4.78 is 40.8. The summed E-state index contributed by atoms with van der Waals surface area (Å²) in [4.78, 5) is 4.11. The number of ether oxygens (including phenoxy) is 1. The molecule has 1 atom stereocenters. The topological polar surface area (TPSA) is 34.1 Å². The van der Waals surface area contributed by atoms with E-state index in [0.29, 0.717) is 0 Å². The van der Waals surface area contributed by atoms with Gasteiger partial charge in [-0.15, -0.1) is 24.5 Å². The van der Waals surface area contributed by atoms with Crippen molar-refractivity contribution in [2.45, 2.75) is 19.3 Å². The average Bonchev–Trinajstić information content (AvgIpc) is 2.83. The third kappa shape index (κ3) is 3.85. The summed E-state index contributed by atoms with van der Waals surface area (Å²) >= 11 is 1.43. The van der Waals surface area contributed by atoms with Crippen LogP contribution in [0.1, 0.15) is 18.0 Å². The van der Waals surface area contributed by atoms with Crippen molar-refractivity contribution in [3.8, 4) is 5.75 Å². The molecular formula is C12H11F3N2OS. The third-order valence-electron chi connectivity index (χ3n) is 2.31. The molecule has 0 fully saturated rings. The maximum absolute atomic E-state index is 12.3. The molecule has 1 N–H and O–H groups in total. The molecule has 1 unspecified atom stereocenters. The minimum absolute atomic E-state index is 0.196. The van der Waals surface area contributed by atoms with Gasteiger partial charge in [0.05, 0.1) is 11.7 Å². The summed E-state index contributed by atoms with van der Waals surface area (Å²) in [6.45, 7) is 1.82. The van der Waals surface area contributed by atoms with E-state index >= 15 is 0 Å². The Bertz CT molecular complexity index is 528. The maximum atomic E-state index is 12.3. The van der Waals surface area contributed by atoms with Gasteiger partial charge in [-0.3, -0.25) is 0 Å². The second-order valence-corrected chi connectivity index (χ2v) is 4.71. The standard InChI is InChI=1S/C12H11F3N2OS/c1-8(11-16-6-7-19-11)17-9-4-2-3-5-10(9)18-12(13,14)15/h2-8,17H,1H3. The largest absolute Gasteiger partial charge is 0.573 e. The van der Waals surface area contributed by atoms with E-state index < -0.39 is 6.36 Å². The first kappa shape index (κ1) is 13.7. The normalized spacial score (nSPS) is 13.1. The molecule has 102 valence electrons. The van der Waals surface area contributed by atoms with Crippen molar-refractivity contribution in [1.82, 2.24) is 4.98 Å². The van der Waals surface area contributed by atoms with Crippen LogP contribution in [-0.2, 0) is 0 Å². The van der Waals surface area contributed by atoms with Crippen molar-refractivity contribution in [2.75, 3.05) is 5.32 Å². The summed E-state index contributed by atoms with van der Waals surface area (Å²) in [5, 5.41) is 5.56. The van der Waals surface area contributed by atoms with Gasteiger partial charge in [-0.1, -0.05) is 12.1 Å². The molecule has 0 spiro atoms. The van der Waals surface area contributed by atoms with E-state index in [0.717, 1.165) is 5.01 Å². The van der Waals surface area contributed by atoms with Crippen molar-refractivity contribution in [3.05, 3.63) is 40.8 Å².